The standard InChI is InChI=1S/C11H16O.C2H6/c1-8(2)10(12)11-5-3-9(7-11)4-6-11;1-2/h9H,1,3-7H2,2H3;1-2H3. The lowest BCUT2D eigenvalue weighted by Gasteiger charge is -2.24. The van der Waals surface area contributed by atoms with Gasteiger partial charge in [0.05, 0.1) is 0 Å². The summed E-state index contributed by atoms with van der Waals surface area (Å²) >= 11 is 0. The second kappa shape index (κ2) is 4.29. The van der Waals surface area contributed by atoms with Crippen LogP contribution in [0.4, 0.5) is 0 Å². The van der Waals surface area contributed by atoms with E-state index in [1.165, 1.54) is 12.8 Å². The Bertz CT molecular complexity index is 232. The fraction of sp³-hybridized carbons (Fsp3) is 0.769. The van der Waals surface area contributed by atoms with E-state index < -0.39 is 0 Å². The van der Waals surface area contributed by atoms with Crippen LogP contribution in [-0.2, 0) is 4.79 Å². The number of hydrogen-bond donors (Lipinski definition) is 0. The van der Waals surface area contributed by atoms with Gasteiger partial charge in [-0.15, -0.1) is 0 Å². The molecule has 0 atom stereocenters. The number of allylic oxidation sites excluding steroid dienone is 1. The molecule has 0 unspecified atom stereocenters. The zero-order valence-corrected chi connectivity index (χ0v) is 9.73. The number of hydrogen-bond acceptors (Lipinski definition) is 1. The number of fused-ring (bicyclic) bond motifs is 2. The molecule has 2 rings (SSSR count). The van der Waals surface area contributed by atoms with Crippen LogP contribution in [0.25, 0.3) is 0 Å². The van der Waals surface area contributed by atoms with Gasteiger partial charge in [-0.3, -0.25) is 4.79 Å². The molecule has 14 heavy (non-hydrogen) atoms. The summed E-state index contributed by atoms with van der Waals surface area (Å²) in [4.78, 5) is 11.8. The number of carbonyl (C=O) groups is 1. The molecule has 0 aromatic rings. The van der Waals surface area contributed by atoms with Crippen LogP contribution < -0.4 is 0 Å². The molecule has 0 heterocycles. The van der Waals surface area contributed by atoms with Gasteiger partial charge in [0.15, 0.2) is 5.78 Å². The lowest BCUT2D eigenvalue weighted by atomic mass is 9.78. The Kier molecular flexibility index (Phi) is 3.52. The van der Waals surface area contributed by atoms with Crippen molar-refractivity contribution in [1.82, 2.24) is 0 Å². The Balaban J connectivity index is 0.000000461. The molecule has 1 nitrogen and oxygen atoms in total. The van der Waals surface area contributed by atoms with Crippen LogP contribution >= 0.6 is 0 Å². The van der Waals surface area contributed by atoms with Crippen molar-refractivity contribution in [3.05, 3.63) is 12.2 Å². The minimum absolute atomic E-state index is 0.0521. The predicted molar refractivity (Wildman–Crippen MR) is 60.2 cm³/mol. The lowest BCUT2D eigenvalue weighted by Crippen LogP contribution is -2.26. The molecule has 1 heteroatoms. The average Bonchev–Trinajstić information content (AvgIpc) is 2.80. The maximum atomic E-state index is 11.8. The highest BCUT2D eigenvalue weighted by Gasteiger charge is 2.49. The number of Topliss-reactive ketones (excluding diaryl/α,β-unsaturated/α-hetero) is 1. The molecule has 0 aromatic carbocycles. The van der Waals surface area contributed by atoms with E-state index in [4.69, 9.17) is 0 Å². The third-order valence-corrected chi connectivity index (χ3v) is 3.61. The van der Waals surface area contributed by atoms with Crippen molar-refractivity contribution in [3.8, 4) is 0 Å². The minimum atomic E-state index is 0.0521. The van der Waals surface area contributed by atoms with Crippen LogP contribution in [0.3, 0.4) is 0 Å². The Hall–Kier alpha value is -0.590. The van der Waals surface area contributed by atoms with Crippen molar-refractivity contribution < 1.29 is 4.79 Å². The summed E-state index contributed by atoms with van der Waals surface area (Å²) in [5.41, 5.74) is 0.814. The van der Waals surface area contributed by atoms with Gasteiger partial charge >= 0.3 is 0 Å². The van der Waals surface area contributed by atoms with Crippen LogP contribution in [0, 0.1) is 11.3 Å². The Morgan fingerprint density at radius 1 is 1.29 bits per heavy atom. The van der Waals surface area contributed by atoms with Gasteiger partial charge in [0.2, 0.25) is 0 Å². The van der Waals surface area contributed by atoms with E-state index in [0.717, 1.165) is 30.8 Å². The van der Waals surface area contributed by atoms with Crippen molar-refractivity contribution in [2.45, 2.75) is 52.9 Å². The lowest BCUT2D eigenvalue weighted by molar-refractivity contribution is -0.124. The molecule has 0 saturated heterocycles. The fourth-order valence-electron chi connectivity index (χ4n) is 2.96. The van der Waals surface area contributed by atoms with Crippen molar-refractivity contribution >= 4 is 5.78 Å². The quantitative estimate of drug-likeness (QED) is 0.612. The maximum Gasteiger partial charge on any atom is 0.164 e. The fourth-order valence-corrected chi connectivity index (χ4v) is 2.96. The molecule has 0 aromatic heterocycles. The van der Waals surface area contributed by atoms with E-state index >= 15 is 0 Å². The van der Waals surface area contributed by atoms with Crippen molar-refractivity contribution in [2.24, 2.45) is 11.3 Å². The molecule has 2 aliphatic rings. The second-order valence-electron chi connectivity index (χ2n) is 4.54. The highest BCUT2D eigenvalue weighted by molar-refractivity contribution is 5.99. The van der Waals surface area contributed by atoms with Crippen LogP contribution in [0.5, 0.6) is 0 Å². The van der Waals surface area contributed by atoms with E-state index in [9.17, 15) is 4.79 Å². The summed E-state index contributed by atoms with van der Waals surface area (Å²) < 4.78 is 0. The van der Waals surface area contributed by atoms with Crippen LogP contribution in [-0.4, -0.2) is 5.78 Å². The van der Waals surface area contributed by atoms with Gasteiger partial charge in [0.1, 0.15) is 0 Å². The summed E-state index contributed by atoms with van der Waals surface area (Å²) in [7, 11) is 0. The van der Waals surface area contributed by atoms with Crippen molar-refractivity contribution in [1.29, 1.82) is 0 Å². The molecule has 0 radical (unpaired) electrons. The highest BCUT2D eigenvalue weighted by atomic mass is 16.1. The van der Waals surface area contributed by atoms with E-state index in [1.54, 1.807) is 0 Å². The molecule has 80 valence electrons. The number of ketones is 1. The molecular weight excluding hydrogens is 172 g/mol. The first-order valence-corrected chi connectivity index (χ1v) is 5.84. The molecule has 0 aliphatic heterocycles. The van der Waals surface area contributed by atoms with E-state index in [2.05, 4.69) is 6.58 Å². The molecular formula is C13H22O. The molecule has 2 fully saturated rings. The first-order valence-electron chi connectivity index (χ1n) is 5.84. The number of carbonyl (C=O) groups excluding carboxylic acids is 1. The van der Waals surface area contributed by atoms with Crippen molar-refractivity contribution in [3.63, 3.8) is 0 Å². The summed E-state index contributed by atoms with van der Waals surface area (Å²) in [6, 6.07) is 0. The van der Waals surface area contributed by atoms with Gasteiger partial charge < -0.3 is 0 Å². The summed E-state index contributed by atoms with van der Waals surface area (Å²) in [6.07, 6.45) is 5.96. The zero-order chi connectivity index (χ0) is 10.8. The SMILES string of the molecule is C=C(C)C(=O)C12CCC(CC1)C2.CC. The van der Waals surface area contributed by atoms with Gasteiger partial charge in [-0.05, 0) is 50.5 Å². The van der Waals surface area contributed by atoms with Gasteiger partial charge in [-0.2, -0.15) is 0 Å². The monoisotopic (exact) mass is 194 g/mol. The van der Waals surface area contributed by atoms with Gasteiger partial charge in [-0.25, -0.2) is 0 Å². The highest BCUT2D eigenvalue weighted by Crippen LogP contribution is 2.55. The first-order chi connectivity index (χ1) is 6.64. The van der Waals surface area contributed by atoms with Gasteiger partial charge in [-0.1, -0.05) is 20.4 Å². The largest absolute Gasteiger partial charge is 0.294 e. The Morgan fingerprint density at radius 3 is 2.07 bits per heavy atom. The van der Waals surface area contributed by atoms with Crippen LogP contribution in [0.15, 0.2) is 12.2 Å². The first kappa shape index (κ1) is 11.5. The Morgan fingerprint density at radius 2 is 1.79 bits per heavy atom. The summed E-state index contributed by atoms with van der Waals surface area (Å²) in [5.74, 6) is 1.20. The molecule has 2 aliphatic carbocycles. The minimum Gasteiger partial charge on any atom is -0.294 e. The molecule has 0 spiro atoms. The van der Waals surface area contributed by atoms with Gasteiger partial charge in [0, 0.05) is 5.41 Å². The Labute approximate surface area is 87.6 Å². The van der Waals surface area contributed by atoms with Crippen molar-refractivity contribution in [2.75, 3.05) is 0 Å². The summed E-state index contributed by atoms with van der Waals surface area (Å²) in [6.45, 7) is 9.61. The molecule has 0 amide bonds. The smallest absolute Gasteiger partial charge is 0.164 e. The normalized spacial score (nSPS) is 33.5. The van der Waals surface area contributed by atoms with E-state index in [-0.39, 0.29) is 5.41 Å². The second-order valence-corrected chi connectivity index (χ2v) is 4.54. The molecule has 2 saturated carbocycles. The molecule has 0 N–H and O–H groups in total. The maximum absolute atomic E-state index is 11.8. The van der Waals surface area contributed by atoms with E-state index in [1.807, 2.05) is 20.8 Å². The van der Waals surface area contributed by atoms with Crippen LogP contribution in [0.2, 0.25) is 0 Å². The summed E-state index contributed by atoms with van der Waals surface area (Å²) in [5, 5.41) is 0. The number of rotatable bonds is 2. The molecule has 2 bridgehead atoms. The van der Waals surface area contributed by atoms with E-state index in [0.29, 0.717) is 5.78 Å². The third-order valence-electron chi connectivity index (χ3n) is 3.61. The van der Waals surface area contributed by atoms with Gasteiger partial charge in [0.25, 0.3) is 0 Å². The predicted octanol–water partition coefficient (Wildman–Crippen LogP) is 3.74. The third kappa shape index (κ3) is 1.77. The zero-order valence-electron chi connectivity index (χ0n) is 9.73. The van der Waals surface area contributed by atoms with Crippen LogP contribution in [0.1, 0.15) is 52.9 Å². The average molecular weight is 194 g/mol. The topological polar surface area (TPSA) is 17.1 Å².